The van der Waals surface area contributed by atoms with Gasteiger partial charge in [-0.3, -0.25) is 0 Å². The first kappa shape index (κ1) is 14.0. The molecule has 1 saturated carbocycles. The lowest BCUT2D eigenvalue weighted by Crippen LogP contribution is -2.41. The van der Waals surface area contributed by atoms with E-state index < -0.39 is 6.55 Å². The first-order chi connectivity index (χ1) is 9.21. The molecule has 2 atom stereocenters. The molecule has 1 saturated heterocycles. The maximum Gasteiger partial charge on any atom is 0.461 e. The molecular formula is C13H19BF2N2O2. The lowest BCUT2D eigenvalue weighted by atomic mass is 9.80. The third-order valence-corrected chi connectivity index (χ3v) is 4.67. The van der Waals surface area contributed by atoms with E-state index in [0.29, 0.717) is 10.4 Å². The summed E-state index contributed by atoms with van der Waals surface area (Å²) in [6, 6.07) is 1.65. The van der Waals surface area contributed by atoms with Crippen LogP contribution in [-0.4, -0.2) is 28.1 Å². The van der Waals surface area contributed by atoms with Crippen LogP contribution in [0, 0.1) is 0 Å². The summed E-state index contributed by atoms with van der Waals surface area (Å²) >= 11 is 0. The second kappa shape index (κ2) is 4.27. The molecule has 0 bridgehead atoms. The van der Waals surface area contributed by atoms with Gasteiger partial charge in [-0.05, 0) is 40.2 Å². The lowest BCUT2D eigenvalue weighted by molar-refractivity contribution is 0.00578. The van der Waals surface area contributed by atoms with E-state index in [1.807, 2.05) is 27.7 Å². The van der Waals surface area contributed by atoms with E-state index in [4.69, 9.17) is 9.31 Å². The van der Waals surface area contributed by atoms with Crippen molar-refractivity contribution >= 4 is 7.12 Å². The number of hydrogen-bond donors (Lipinski definition) is 0. The van der Waals surface area contributed by atoms with Crippen LogP contribution in [0.15, 0.2) is 12.3 Å². The number of nitrogens with zero attached hydrogens (tertiary/aromatic N) is 2. The average Bonchev–Trinajstić information content (AvgIpc) is 2.89. The van der Waals surface area contributed by atoms with Crippen LogP contribution in [0.4, 0.5) is 8.78 Å². The highest BCUT2D eigenvalue weighted by atomic mass is 19.3. The second-order valence-corrected chi connectivity index (χ2v) is 6.63. The Balaban J connectivity index is 1.68. The monoisotopic (exact) mass is 284 g/mol. The molecule has 0 amide bonds. The number of halogens is 2. The molecule has 7 heteroatoms. The van der Waals surface area contributed by atoms with Crippen molar-refractivity contribution < 1.29 is 18.1 Å². The van der Waals surface area contributed by atoms with E-state index in [2.05, 4.69) is 5.10 Å². The van der Waals surface area contributed by atoms with Crippen molar-refractivity contribution in [1.29, 1.82) is 0 Å². The van der Waals surface area contributed by atoms with Crippen LogP contribution in [-0.2, 0) is 9.31 Å². The number of aromatic nitrogens is 2. The van der Waals surface area contributed by atoms with E-state index in [1.165, 1.54) is 6.20 Å². The van der Waals surface area contributed by atoms with Crippen LogP contribution in [0.1, 0.15) is 52.3 Å². The van der Waals surface area contributed by atoms with Crippen LogP contribution in [0.5, 0.6) is 0 Å². The molecule has 0 unspecified atom stereocenters. The Kier molecular flexibility index (Phi) is 2.99. The summed E-state index contributed by atoms with van der Waals surface area (Å²) in [6.45, 7) is 5.45. The van der Waals surface area contributed by atoms with Gasteiger partial charge in [-0.15, -0.1) is 0 Å². The highest BCUT2D eigenvalue weighted by Gasteiger charge is 2.60. The molecule has 1 aliphatic heterocycles. The van der Waals surface area contributed by atoms with Crippen LogP contribution >= 0.6 is 0 Å². The van der Waals surface area contributed by atoms with E-state index in [0.717, 1.165) is 6.42 Å². The van der Waals surface area contributed by atoms with Crippen LogP contribution in [0.2, 0.25) is 5.82 Å². The normalized spacial score (nSPS) is 31.1. The minimum Gasteiger partial charge on any atom is -0.403 e. The van der Waals surface area contributed by atoms with Crippen molar-refractivity contribution in [3.63, 3.8) is 0 Å². The lowest BCUT2D eigenvalue weighted by Gasteiger charge is -2.32. The first-order valence-electron chi connectivity index (χ1n) is 6.90. The molecule has 0 N–H and O–H groups in total. The Morgan fingerprint density at radius 2 is 1.90 bits per heavy atom. The maximum absolute atomic E-state index is 12.5. The topological polar surface area (TPSA) is 36.3 Å². The summed E-state index contributed by atoms with van der Waals surface area (Å²) in [7, 11) is -0.276. The highest BCUT2D eigenvalue weighted by molar-refractivity contribution is 6.49. The molecule has 2 aliphatic rings. The molecule has 3 rings (SSSR count). The summed E-state index contributed by atoms with van der Waals surface area (Å²) in [6.07, 6.45) is 2.19. The molecule has 0 aromatic carbocycles. The predicted molar refractivity (Wildman–Crippen MR) is 70.7 cm³/mol. The van der Waals surface area contributed by atoms with Gasteiger partial charge in [-0.1, -0.05) is 0 Å². The van der Waals surface area contributed by atoms with Gasteiger partial charge in [0, 0.05) is 17.9 Å². The van der Waals surface area contributed by atoms with Crippen molar-refractivity contribution in [2.45, 2.75) is 63.6 Å². The Morgan fingerprint density at radius 1 is 1.30 bits per heavy atom. The van der Waals surface area contributed by atoms with Crippen LogP contribution in [0.3, 0.4) is 0 Å². The molecule has 1 aromatic heterocycles. The Morgan fingerprint density at radius 3 is 2.40 bits per heavy atom. The summed E-state index contributed by atoms with van der Waals surface area (Å²) in [5, 5.41) is 3.92. The third-order valence-electron chi connectivity index (χ3n) is 4.67. The third kappa shape index (κ3) is 2.17. The van der Waals surface area contributed by atoms with Crippen molar-refractivity contribution in [3.05, 3.63) is 18.0 Å². The molecule has 2 fully saturated rings. The zero-order chi connectivity index (χ0) is 14.7. The average molecular weight is 284 g/mol. The van der Waals surface area contributed by atoms with Gasteiger partial charge in [0.2, 0.25) is 0 Å². The van der Waals surface area contributed by atoms with Crippen LogP contribution in [0.25, 0.3) is 0 Å². The number of hydrogen-bond acceptors (Lipinski definition) is 3. The zero-order valence-corrected chi connectivity index (χ0v) is 12.1. The Labute approximate surface area is 117 Å². The standard InChI is InChI=1S/C13H19BF2N2O2/c1-12(2)13(3,4)20-14(19-12)9-7-8(9)10-5-6-18(17-10)11(15)16/h5-6,8-9,11H,7H2,1-4H3/t8-,9-/m1/s1. The molecule has 0 radical (unpaired) electrons. The smallest absolute Gasteiger partial charge is 0.403 e. The minimum absolute atomic E-state index is 0.157. The quantitative estimate of drug-likeness (QED) is 0.799. The van der Waals surface area contributed by atoms with Gasteiger partial charge >= 0.3 is 13.7 Å². The van der Waals surface area contributed by atoms with Gasteiger partial charge < -0.3 is 9.31 Å². The van der Waals surface area contributed by atoms with Crippen LogP contribution < -0.4 is 0 Å². The molecule has 1 aliphatic carbocycles. The first-order valence-corrected chi connectivity index (χ1v) is 6.90. The Bertz CT molecular complexity index is 502. The predicted octanol–water partition coefficient (Wildman–Crippen LogP) is 3.23. The molecule has 1 aromatic rings. The van der Waals surface area contributed by atoms with Gasteiger partial charge in [0.1, 0.15) is 0 Å². The number of rotatable bonds is 3. The largest absolute Gasteiger partial charge is 0.461 e. The summed E-state index contributed by atoms with van der Waals surface area (Å²) in [5.41, 5.74) is -0.00897. The molecule has 2 heterocycles. The number of alkyl halides is 2. The Hall–Kier alpha value is -0.945. The van der Waals surface area contributed by atoms with E-state index in [9.17, 15) is 8.78 Å². The second-order valence-electron chi connectivity index (χ2n) is 6.63. The fraction of sp³-hybridized carbons (Fsp3) is 0.769. The highest BCUT2D eigenvalue weighted by Crippen LogP contribution is 2.57. The summed E-state index contributed by atoms with van der Waals surface area (Å²) in [4.78, 5) is 0. The van der Waals surface area contributed by atoms with Crippen molar-refractivity contribution in [2.24, 2.45) is 0 Å². The zero-order valence-electron chi connectivity index (χ0n) is 12.1. The van der Waals surface area contributed by atoms with E-state index >= 15 is 0 Å². The van der Waals surface area contributed by atoms with Gasteiger partial charge in [-0.25, -0.2) is 4.68 Å². The fourth-order valence-electron chi connectivity index (χ4n) is 2.58. The maximum atomic E-state index is 12.5. The summed E-state index contributed by atoms with van der Waals surface area (Å²) in [5.74, 6) is 0.363. The van der Waals surface area contributed by atoms with Crippen molar-refractivity contribution in [1.82, 2.24) is 9.78 Å². The molecule has 20 heavy (non-hydrogen) atoms. The van der Waals surface area contributed by atoms with Gasteiger partial charge in [0.05, 0.1) is 16.9 Å². The summed E-state index contributed by atoms with van der Waals surface area (Å²) < 4.78 is 37.7. The SMILES string of the molecule is CC1(C)OB([C@@H]2C[C@H]2c2ccn(C(F)F)n2)OC1(C)C. The van der Waals surface area contributed by atoms with Gasteiger partial charge in [0.15, 0.2) is 0 Å². The molecule has 4 nitrogen and oxygen atoms in total. The van der Waals surface area contributed by atoms with Gasteiger partial charge in [-0.2, -0.15) is 13.9 Å². The van der Waals surface area contributed by atoms with E-state index in [1.54, 1.807) is 6.07 Å². The molecule has 110 valence electrons. The molecule has 0 spiro atoms. The fourth-order valence-corrected chi connectivity index (χ4v) is 2.58. The van der Waals surface area contributed by atoms with Gasteiger partial charge in [0.25, 0.3) is 0 Å². The van der Waals surface area contributed by atoms with Crippen molar-refractivity contribution in [2.75, 3.05) is 0 Å². The molecular weight excluding hydrogens is 265 g/mol. The van der Waals surface area contributed by atoms with Crippen molar-refractivity contribution in [3.8, 4) is 0 Å². The van der Waals surface area contributed by atoms with E-state index in [-0.39, 0.29) is 30.1 Å². The minimum atomic E-state index is -2.59.